The fourth-order valence-electron chi connectivity index (χ4n) is 3.01. The van der Waals surface area contributed by atoms with E-state index >= 15 is 0 Å². The molecule has 0 saturated carbocycles. The molecule has 2 N–H and O–H groups in total. The first-order valence-electron chi connectivity index (χ1n) is 9.88. The second-order valence-corrected chi connectivity index (χ2v) is 6.68. The molecule has 0 aliphatic carbocycles. The topological polar surface area (TPSA) is 76.0 Å². The van der Waals surface area contributed by atoms with E-state index < -0.39 is 0 Å². The molecule has 5 heteroatoms. The number of Topliss-reactive ketones (excluding diaryl/α,β-unsaturated/α-hetero) is 1. The van der Waals surface area contributed by atoms with Gasteiger partial charge in [0, 0.05) is 12.8 Å². The molecule has 0 unspecified atom stereocenters. The molecule has 2 rings (SSSR count). The minimum Gasteiger partial charge on any atom is -0.491 e. The van der Waals surface area contributed by atoms with E-state index in [1.165, 1.54) is 0 Å². The van der Waals surface area contributed by atoms with Gasteiger partial charge in [-0.1, -0.05) is 24.3 Å². The first-order valence-corrected chi connectivity index (χ1v) is 9.88. The number of aliphatic hydroxyl groups is 2. The Bertz CT molecular complexity index is 654. The molecule has 0 radical (unpaired) electrons. The number of aryl methyl sites for hydroxylation is 2. The number of ketones is 1. The number of ether oxygens (including phenoxy) is 2. The Morgan fingerprint density at radius 1 is 0.750 bits per heavy atom. The second-order valence-electron chi connectivity index (χ2n) is 6.68. The SMILES string of the molecule is O=C(CCCc1cccc(OCCO)c1)CCCc1cccc(OCCO)c1. The van der Waals surface area contributed by atoms with Crippen LogP contribution in [-0.4, -0.2) is 42.4 Å². The lowest BCUT2D eigenvalue weighted by molar-refractivity contribution is -0.119. The van der Waals surface area contributed by atoms with E-state index in [0.29, 0.717) is 31.8 Å². The second kappa shape index (κ2) is 12.9. The van der Waals surface area contributed by atoms with Crippen molar-refractivity contribution < 1.29 is 24.5 Å². The maximum atomic E-state index is 12.1. The Hall–Kier alpha value is -2.37. The van der Waals surface area contributed by atoms with Crippen LogP contribution in [0.2, 0.25) is 0 Å². The minimum atomic E-state index is -0.00128. The number of rotatable bonds is 14. The van der Waals surface area contributed by atoms with Gasteiger partial charge in [-0.3, -0.25) is 4.79 Å². The Kier molecular flexibility index (Phi) is 10.1. The van der Waals surface area contributed by atoms with Crippen LogP contribution in [0, 0.1) is 0 Å². The average Bonchev–Trinajstić information content (AvgIpc) is 2.71. The Labute approximate surface area is 166 Å². The molecule has 0 spiro atoms. The van der Waals surface area contributed by atoms with Crippen LogP contribution >= 0.6 is 0 Å². The maximum absolute atomic E-state index is 12.1. The Morgan fingerprint density at radius 3 is 1.64 bits per heavy atom. The fraction of sp³-hybridized carbons (Fsp3) is 0.435. The molecule has 0 fully saturated rings. The van der Waals surface area contributed by atoms with Crippen LogP contribution in [0.1, 0.15) is 36.8 Å². The molecule has 0 aliphatic heterocycles. The first kappa shape index (κ1) is 21.9. The van der Waals surface area contributed by atoms with Crippen molar-refractivity contribution >= 4 is 5.78 Å². The van der Waals surface area contributed by atoms with E-state index in [2.05, 4.69) is 0 Å². The van der Waals surface area contributed by atoms with Crippen LogP contribution < -0.4 is 9.47 Å². The summed E-state index contributed by atoms with van der Waals surface area (Å²) in [4.78, 5) is 12.1. The number of hydrogen-bond donors (Lipinski definition) is 2. The van der Waals surface area contributed by atoms with Crippen molar-refractivity contribution in [2.45, 2.75) is 38.5 Å². The van der Waals surface area contributed by atoms with Crippen molar-refractivity contribution in [3.8, 4) is 11.5 Å². The molecule has 0 bridgehead atoms. The van der Waals surface area contributed by atoms with Gasteiger partial charge >= 0.3 is 0 Å². The van der Waals surface area contributed by atoms with Crippen LogP contribution in [0.3, 0.4) is 0 Å². The van der Waals surface area contributed by atoms with Gasteiger partial charge < -0.3 is 19.7 Å². The molecular weight excluding hydrogens is 356 g/mol. The van der Waals surface area contributed by atoms with Crippen LogP contribution in [0.4, 0.5) is 0 Å². The van der Waals surface area contributed by atoms with E-state index in [1.807, 2.05) is 48.5 Å². The van der Waals surface area contributed by atoms with Gasteiger partial charge in [-0.05, 0) is 61.1 Å². The summed E-state index contributed by atoms with van der Waals surface area (Å²) in [6.07, 6.45) is 4.50. The Morgan fingerprint density at radius 2 is 1.21 bits per heavy atom. The van der Waals surface area contributed by atoms with Gasteiger partial charge in [0.05, 0.1) is 13.2 Å². The third kappa shape index (κ3) is 8.55. The number of carbonyl (C=O) groups excluding carboxylic acids is 1. The van der Waals surface area contributed by atoms with E-state index in [0.717, 1.165) is 48.3 Å². The molecule has 0 aliphatic rings. The summed E-state index contributed by atoms with van der Waals surface area (Å²) in [5.74, 6) is 1.80. The molecule has 0 atom stereocenters. The van der Waals surface area contributed by atoms with Crippen LogP contribution in [0.5, 0.6) is 11.5 Å². The highest BCUT2D eigenvalue weighted by Gasteiger charge is 2.05. The largest absolute Gasteiger partial charge is 0.491 e. The summed E-state index contributed by atoms with van der Waals surface area (Å²) in [7, 11) is 0. The highest BCUT2D eigenvalue weighted by atomic mass is 16.5. The lowest BCUT2D eigenvalue weighted by atomic mass is 10.0. The molecule has 5 nitrogen and oxygen atoms in total. The first-order chi connectivity index (χ1) is 13.7. The minimum absolute atomic E-state index is 0.00128. The van der Waals surface area contributed by atoms with Gasteiger partial charge in [-0.25, -0.2) is 0 Å². The van der Waals surface area contributed by atoms with Crippen LogP contribution in [-0.2, 0) is 17.6 Å². The van der Waals surface area contributed by atoms with Crippen molar-refractivity contribution in [1.82, 2.24) is 0 Å². The van der Waals surface area contributed by atoms with Crippen LogP contribution in [0.15, 0.2) is 48.5 Å². The Balaban J connectivity index is 1.65. The van der Waals surface area contributed by atoms with E-state index in [-0.39, 0.29) is 13.2 Å². The molecule has 0 saturated heterocycles. The van der Waals surface area contributed by atoms with E-state index in [1.54, 1.807) is 0 Å². The summed E-state index contributed by atoms with van der Waals surface area (Å²) in [5.41, 5.74) is 2.28. The molecule has 0 heterocycles. The zero-order valence-electron chi connectivity index (χ0n) is 16.3. The normalized spacial score (nSPS) is 10.6. The smallest absolute Gasteiger partial charge is 0.132 e. The molecule has 152 valence electrons. The quantitative estimate of drug-likeness (QED) is 0.521. The van der Waals surface area contributed by atoms with Crippen molar-refractivity contribution in [3.05, 3.63) is 59.7 Å². The monoisotopic (exact) mass is 386 g/mol. The van der Waals surface area contributed by atoms with Gasteiger partial charge in [0.1, 0.15) is 30.5 Å². The zero-order chi connectivity index (χ0) is 20.0. The number of benzene rings is 2. The summed E-state index contributed by atoms with van der Waals surface area (Å²) in [5, 5.41) is 17.6. The van der Waals surface area contributed by atoms with Gasteiger partial charge in [0.2, 0.25) is 0 Å². The zero-order valence-corrected chi connectivity index (χ0v) is 16.3. The summed E-state index contributed by atoms with van der Waals surface area (Å²) in [6, 6.07) is 15.6. The molecule has 28 heavy (non-hydrogen) atoms. The van der Waals surface area contributed by atoms with Crippen molar-refractivity contribution in [2.24, 2.45) is 0 Å². The fourth-order valence-corrected chi connectivity index (χ4v) is 3.01. The van der Waals surface area contributed by atoms with Gasteiger partial charge in [0.25, 0.3) is 0 Å². The molecular formula is C23H30O5. The molecule has 0 aromatic heterocycles. The van der Waals surface area contributed by atoms with Crippen molar-refractivity contribution in [1.29, 1.82) is 0 Å². The summed E-state index contributed by atoms with van der Waals surface area (Å²) in [6.45, 7) is 0.578. The lowest BCUT2D eigenvalue weighted by Crippen LogP contribution is -2.03. The summed E-state index contributed by atoms with van der Waals surface area (Å²) < 4.78 is 10.8. The molecule has 2 aromatic carbocycles. The number of aliphatic hydroxyl groups excluding tert-OH is 2. The number of carbonyl (C=O) groups is 1. The van der Waals surface area contributed by atoms with Gasteiger partial charge in [-0.2, -0.15) is 0 Å². The van der Waals surface area contributed by atoms with Crippen molar-refractivity contribution in [3.63, 3.8) is 0 Å². The molecule has 0 amide bonds. The van der Waals surface area contributed by atoms with Gasteiger partial charge in [-0.15, -0.1) is 0 Å². The third-order valence-corrected chi connectivity index (χ3v) is 4.36. The van der Waals surface area contributed by atoms with Gasteiger partial charge in [0.15, 0.2) is 0 Å². The third-order valence-electron chi connectivity index (χ3n) is 4.36. The average molecular weight is 386 g/mol. The predicted molar refractivity (Wildman–Crippen MR) is 109 cm³/mol. The van der Waals surface area contributed by atoms with Crippen molar-refractivity contribution in [2.75, 3.05) is 26.4 Å². The highest BCUT2D eigenvalue weighted by molar-refractivity contribution is 5.78. The van der Waals surface area contributed by atoms with Crippen LogP contribution in [0.25, 0.3) is 0 Å². The van der Waals surface area contributed by atoms with E-state index in [9.17, 15) is 4.79 Å². The highest BCUT2D eigenvalue weighted by Crippen LogP contribution is 2.17. The standard InChI is InChI=1S/C23H30O5/c24-13-15-27-22-11-3-7-19(17-22)5-1-9-21(26)10-2-6-20-8-4-12-23(18-20)28-16-14-25/h3-4,7-8,11-12,17-18,24-25H,1-2,5-6,9-10,13-16H2. The lowest BCUT2D eigenvalue weighted by Gasteiger charge is -2.07. The maximum Gasteiger partial charge on any atom is 0.132 e. The van der Waals surface area contributed by atoms with E-state index in [4.69, 9.17) is 19.7 Å². The number of hydrogen-bond acceptors (Lipinski definition) is 5. The molecule has 2 aromatic rings. The predicted octanol–water partition coefficient (Wildman–Crippen LogP) is 3.34. The summed E-state index contributed by atoms with van der Waals surface area (Å²) >= 11 is 0.